The molecule has 1 heterocycles. The van der Waals surface area contributed by atoms with E-state index in [1.165, 1.54) is 0 Å². The number of hydrogen-bond donors (Lipinski definition) is 2. The van der Waals surface area contributed by atoms with E-state index in [4.69, 9.17) is 10.5 Å². The molecule has 34 heavy (non-hydrogen) atoms. The number of nitrogen functional groups attached to an aromatic ring is 1. The Kier molecular flexibility index (Phi) is 5.71. The fraction of sp³-hybridized carbons (Fsp3) is 0.0333. The average molecular weight is 445 g/mol. The monoisotopic (exact) mass is 444 g/mol. The van der Waals surface area contributed by atoms with Crippen LogP contribution < -0.4 is 10.5 Å². The van der Waals surface area contributed by atoms with Crippen LogP contribution in [0.5, 0.6) is 5.75 Å². The van der Waals surface area contributed by atoms with Gasteiger partial charge in [-0.2, -0.15) is 0 Å². The van der Waals surface area contributed by atoms with Crippen molar-refractivity contribution < 1.29 is 9.53 Å². The molecule has 0 saturated carbocycles. The van der Waals surface area contributed by atoms with Gasteiger partial charge in [0.25, 0.3) is 0 Å². The van der Waals surface area contributed by atoms with Gasteiger partial charge in [0, 0.05) is 33.3 Å². The van der Waals surface area contributed by atoms with Crippen LogP contribution in [0.1, 0.15) is 15.9 Å². The molecule has 0 aliphatic heterocycles. The number of benzene rings is 4. The predicted molar refractivity (Wildman–Crippen MR) is 140 cm³/mol. The molecule has 3 N–H and O–H groups in total. The summed E-state index contributed by atoms with van der Waals surface area (Å²) in [5.74, 6) is 0.605. The van der Waals surface area contributed by atoms with Gasteiger partial charge in [-0.3, -0.25) is 4.79 Å². The number of anilines is 1. The molecule has 4 heteroatoms. The quantitative estimate of drug-likeness (QED) is 0.168. The number of aromatic nitrogens is 1. The van der Waals surface area contributed by atoms with Crippen LogP contribution in [-0.2, 0) is 0 Å². The molecule has 1 aromatic heterocycles. The highest BCUT2D eigenvalue weighted by molar-refractivity contribution is 6.08. The summed E-state index contributed by atoms with van der Waals surface area (Å²) in [5.41, 5.74) is 13.1. The van der Waals surface area contributed by atoms with Gasteiger partial charge in [-0.1, -0.05) is 60.7 Å². The Morgan fingerprint density at radius 1 is 0.853 bits per heavy atom. The largest absolute Gasteiger partial charge is 0.496 e. The van der Waals surface area contributed by atoms with E-state index >= 15 is 0 Å². The molecule has 0 radical (unpaired) electrons. The van der Waals surface area contributed by atoms with Gasteiger partial charge < -0.3 is 15.5 Å². The van der Waals surface area contributed by atoms with Gasteiger partial charge in [-0.05, 0) is 59.7 Å². The molecule has 0 saturated heterocycles. The zero-order valence-corrected chi connectivity index (χ0v) is 18.8. The van der Waals surface area contributed by atoms with E-state index in [2.05, 4.69) is 29.2 Å². The number of carbonyl (C=O) groups is 1. The van der Waals surface area contributed by atoms with Gasteiger partial charge in [-0.25, -0.2) is 0 Å². The van der Waals surface area contributed by atoms with E-state index in [0.717, 1.165) is 38.9 Å². The number of rotatable bonds is 6. The third kappa shape index (κ3) is 4.09. The number of allylic oxidation sites excluding steroid dienone is 1. The first-order valence-electron chi connectivity index (χ1n) is 11.1. The Morgan fingerprint density at radius 2 is 1.50 bits per heavy atom. The van der Waals surface area contributed by atoms with Gasteiger partial charge in [0.05, 0.1) is 12.8 Å². The number of carbonyl (C=O) groups excluding carboxylic acids is 1. The normalized spacial score (nSPS) is 11.2. The molecule has 0 aliphatic rings. The Bertz CT molecular complexity index is 1480. The molecule has 5 rings (SSSR count). The first-order valence-corrected chi connectivity index (χ1v) is 11.1. The van der Waals surface area contributed by atoms with Gasteiger partial charge in [0.2, 0.25) is 0 Å². The summed E-state index contributed by atoms with van der Waals surface area (Å²) in [4.78, 5) is 16.3. The number of ether oxygens (including phenoxy) is 1. The predicted octanol–water partition coefficient (Wildman–Crippen LogP) is 6.99. The molecule has 5 aromatic rings. The molecule has 0 amide bonds. The SMILES string of the molecule is COc1cc2c(-c3ccccc3)c(-c3ccccc3)[nH]c2cc1/C=C/C(=O)c1ccc(N)cc1. The van der Waals surface area contributed by atoms with Crippen LogP contribution in [0, 0.1) is 0 Å². The van der Waals surface area contributed by atoms with Crippen molar-refractivity contribution in [2.45, 2.75) is 0 Å². The first-order chi connectivity index (χ1) is 16.6. The molecule has 0 unspecified atom stereocenters. The number of fused-ring (bicyclic) bond motifs is 1. The van der Waals surface area contributed by atoms with Gasteiger partial charge in [0.1, 0.15) is 5.75 Å². The van der Waals surface area contributed by atoms with Crippen LogP contribution in [0.2, 0.25) is 0 Å². The van der Waals surface area contributed by atoms with E-state index in [0.29, 0.717) is 17.0 Å². The minimum Gasteiger partial charge on any atom is -0.496 e. The number of ketones is 1. The molecular weight excluding hydrogens is 420 g/mol. The molecule has 0 aliphatic carbocycles. The van der Waals surface area contributed by atoms with Crippen LogP contribution in [0.15, 0.2) is 103 Å². The lowest BCUT2D eigenvalue weighted by Gasteiger charge is -2.08. The maximum Gasteiger partial charge on any atom is 0.185 e. The number of nitrogens with two attached hydrogens (primary N) is 1. The van der Waals surface area contributed by atoms with Gasteiger partial charge >= 0.3 is 0 Å². The number of hydrogen-bond acceptors (Lipinski definition) is 3. The summed E-state index contributed by atoms with van der Waals surface area (Å²) >= 11 is 0. The summed E-state index contributed by atoms with van der Waals surface area (Å²) in [6, 6.07) is 31.6. The molecule has 0 atom stereocenters. The molecule has 0 bridgehead atoms. The van der Waals surface area contributed by atoms with Crippen molar-refractivity contribution in [1.29, 1.82) is 0 Å². The second-order valence-corrected chi connectivity index (χ2v) is 8.07. The van der Waals surface area contributed by atoms with Crippen LogP contribution in [0.3, 0.4) is 0 Å². The van der Waals surface area contributed by atoms with E-state index in [1.807, 2.05) is 48.5 Å². The first kappa shape index (κ1) is 21.3. The van der Waals surface area contributed by atoms with Crippen molar-refractivity contribution in [2.75, 3.05) is 12.8 Å². The Morgan fingerprint density at radius 3 is 2.15 bits per heavy atom. The lowest BCUT2D eigenvalue weighted by atomic mass is 9.97. The van der Waals surface area contributed by atoms with Crippen LogP contribution >= 0.6 is 0 Å². The zero-order chi connectivity index (χ0) is 23.5. The molecule has 4 nitrogen and oxygen atoms in total. The Labute approximate surface area is 198 Å². The molecule has 0 spiro atoms. The number of methoxy groups -OCH3 is 1. The van der Waals surface area contributed by atoms with Crippen molar-refractivity contribution >= 4 is 28.4 Å². The van der Waals surface area contributed by atoms with Gasteiger partial charge in [0.15, 0.2) is 5.78 Å². The average Bonchev–Trinajstić information content (AvgIpc) is 3.26. The minimum atomic E-state index is -0.0939. The smallest absolute Gasteiger partial charge is 0.185 e. The fourth-order valence-electron chi connectivity index (χ4n) is 4.18. The molecular formula is C30H24N2O2. The fourth-order valence-corrected chi connectivity index (χ4v) is 4.18. The van der Waals surface area contributed by atoms with Crippen molar-refractivity contribution in [3.63, 3.8) is 0 Å². The zero-order valence-electron chi connectivity index (χ0n) is 18.8. The van der Waals surface area contributed by atoms with Gasteiger partial charge in [-0.15, -0.1) is 0 Å². The third-order valence-electron chi connectivity index (χ3n) is 5.88. The summed E-state index contributed by atoms with van der Waals surface area (Å²) in [6.07, 6.45) is 3.36. The van der Waals surface area contributed by atoms with E-state index in [-0.39, 0.29) is 5.78 Å². The van der Waals surface area contributed by atoms with E-state index in [9.17, 15) is 4.79 Å². The van der Waals surface area contributed by atoms with Crippen molar-refractivity contribution in [1.82, 2.24) is 4.98 Å². The maximum absolute atomic E-state index is 12.6. The number of nitrogens with one attached hydrogen (secondary N) is 1. The van der Waals surface area contributed by atoms with E-state index in [1.54, 1.807) is 43.5 Å². The van der Waals surface area contributed by atoms with E-state index < -0.39 is 0 Å². The topological polar surface area (TPSA) is 68.1 Å². The standard InChI is InChI=1S/C30H24N2O2/c1-34-28-19-25-26(18-23(28)14-17-27(33)20-12-15-24(31)16-13-20)32-30(22-10-6-3-7-11-22)29(25)21-8-4-2-5-9-21/h2-19,32H,31H2,1H3/b17-14+. The summed E-state index contributed by atoms with van der Waals surface area (Å²) in [5, 5.41) is 1.06. The van der Waals surface area contributed by atoms with Crippen molar-refractivity contribution in [3.05, 3.63) is 114 Å². The van der Waals surface area contributed by atoms with Crippen LogP contribution in [0.4, 0.5) is 5.69 Å². The highest BCUT2D eigenvalue weighted by Gasteiger charge is 2.17. The van der Waals surface area contributed by atoms with Crippen molar-refractivity contribution in [2.24, 2.45) is 0 Å². The maximum atomic E-state index is 12.6. The minimum absolute atomic E-state index is 0.0939. The Hall–Kier alpha value is -4.57. The lowest BCUT2D eigenvalue weighted by molar-refractivity contribution is 0.104. The van der Waals surface area contributed by atoms with Crippen LogP contribution in [-0.4, -0.2) is 17.9 Å². The van der Waals surface area contributed by atoms with Crippen molar-refractivity contribution in [3.8, 4) is 28.1 Å². The molecule has 4 aromatic carbocycles. The summed E-state index contributed by atoms with van der Waals surface area (Å²) < 4.78 is 5.72. The summed E-state index contributed by atoms with van der Waals surface area (Å²) in [7, 11) is 1.65. The molecule has 166 valence electrons. The number of H-pyrrole nitrogens is 1. The molecule has 0 fully saturated rings. The number of aromatic amines is 1. The second-order valence-electron chi connectivity index (χ2n) is 8.07. The second kappa shape index (κ2) is 9.12. The van der Waals surface area contributed by atoms with Crippen LogP contribution in [0.25, 0.3) is 39.4 Å². The Balaban J connectivity index is 1.63. The highest BCUT2D eigenvalue weighted by Crippen LogP contribution is 2.40. The highest BCUT2D eigenvalue weighted by atomic mass is 16.5. The third-order valence-corrected chi connectivity index (χ3v) is 5.88. The summed E-state index contributed by atoms with van der Waals surface area (Å²) in [6.45, 7) is 0. The lowest BCUT2D eigenvalue weighted by Crippen LogP contribution is -1.95.